The molecule has 13 heavy (non-hydrogen) atoms. The Morgan fingerprint density at radius 3 is 2.85 bits per heavy atom. The lowest BCUT2D eigenvalue weighted by molar-refractivity contribution is -0.119. The van der Waals surface area contributed by atoms with E-state index in [-0.39, 0.29) is 11.9 Å². The van der Waals surface area contributed by atoms with E-state index in [1.54, 1.807) is 19.4 Å². The number of imidazole rings is 1. The Bertz CT molecular complexity index is 379. The molecule has 1 aromatic heterocycles. The van der Waals surface area contributed by atoms with Gasteiger partial charge in [-0.05, 0) is 6.92 Å². The smallest absolute Gasteiger partial charge is 0.250 e. The van der Waals surface area contributed by atoms with E-state index >= 15 is 0 Å². The predicted molar refractivity (Wildman–Crippen MR) is 47.3 cm³/mol. The molecule has 0 saturated heterocycles. The van der Waals surface area contributed by atoms with Crippen molar-refractivity contribution in [1.82, 2.24) is 14.9 Å². The second-order valence-corrected chi connectivity index (χ2v) is 3.03. The average molecular weight is 178 g/mol. The number of rotatable bonds is 1. The van der Waals surface area contributed by atoms with E-state index < -0.39 is 0 Å². The summed E-state index contributed by atoms with van der Waals surface area (Å²) in [5.41, 5.74) is 0.831. The monoisotopic (exact) mass is 178 g/mol. The first-order valence-corrected chi connectivity index (χ1v) is 4.04. The predicted octanol–water partition coefficient (Wildman–Crippen LogP) is -0.315. The van der Waals surface area contributed by atoms with Crippen LogP contribution < -0.4 is 5.32 Å². The van der Waals surface area contributed by atoms with Gasteiger partial charge in [0.2, 0.25) is 5.91 Å². The van der Waals surface area contributed by atoms with Gasteiger partial charge in [-0.15, -0.1) is 0 Å². The standard InChI is InChI=1S/C8H10N4O/c1-5-8(13)11-7(10-5)6-3-9-4-12(6)2/h3-5H,1-2H3,(H,10,11,13). The van der Waals surface area contributed by atoms with Gasteiger partial charge in [-0.3, -0.25) is 9.79 Å². The summed E-state index contributed by atoms with van der Waals surface area (Å²) in [4.78, 5) is 19.3. The van der Waals surface area contributed by atoms with Gasteiger partial charge in [-0.25, -0.2) is 4.98 Å². The fourth-order valence-corrected chi connectivity index (χ4v) is 1.22. The number of nitrogens with zero attached hydrogens (tertiary/aromatic N) is 3. The number of hydrogen-bond acceptors (Lipinski definition) is 3. The minimum absolute atomic E-state index is 0.0591. The van der Waals surface area contributed by atoms with Crippen molar-refractivity contribution in [1.29, 1.82) is 0 Å². The lowest BCUT2D eigenvalue weighted by Crippen LogP contribution is -2.28. The summed E-state index contributed by atoms with van der Waals surface area (Å²) in [6.07, 6.45) is 3.35. The van der Waals surface area contributed by atoms with E-state index in [1.807, 2.05) is 11.6 Å². The first kappa shape index (κ1) is 7.97. The first-order chi connectivity index (χ1) is 6.18. The van der Waals surface area contributed by atoms with Gasteiger partial charge in [0.1, 0.15) is 11.7 Å². The Morgan fingerprint density at radius 2 is 2.38 bits per heavy atom. The molecule has 0 bridgehead atoms. The van der Waals surface area contributed by atoms with Crippen LogP contribution in [0.25, 0.3) is 0 Å². The number of amidine groups is 1. The molecule has 1 N–H and O–H groups in total. The Morgan fingerprint density at radius 1 is 1.62 bits per heavy atom. The third-order valence-electron chi connectivity index (χ3n) is 2.00. The molecule has 0 aliphatic carbocycles. The third kappa shape index (κ3) is 1.22. The summed E-state index contributed by atoms with van der Waals surface area (Å²) in [6, 6.07) is -0.287. The second kappa shape index (κ2) is 2.69. The fraction of sp³-hybridized carbons (Fsp3) is 0.375. The zero-order chi connectivity index (χ0) is 9.42. The minimum atomic E-state index is -0.287. The fourth-order valence-electron chi connectivity index (χ4n) is 1.22. The summed E-state index contributed by atoms with van der Waals surface area (Å²) in [7, 11) is 1.86. The Labute approximate surface area is 75.5 Å². The van der Waals surface area contributed by atoms with Crippen molar-refractivity contribution in [3.05, 3.63) is 18.2 Å². The van der Waals surface area contributed by atoms with E-state index in [0.29, 0.717) is 5.84 Å². The number of aromatic nitrogens is 2. The van der Waals surface area contributed by atoms with Crippen LogP contribution in [0, 0.1) is 0 Å². The molecule has 5 nitrogen and oxygen atoms in total. The molecule has 0 radical (unpaired) electrons. The SMILES string of the molecule is CC1N=C(c2cncn2C)NC1=O. The highest BCUT2D eigenvalue weighted by molar-refractivity contribution is 6.12. The van der Waals surface area contributed by atoms with Gasteiger partial charge in [-0.2, -0.15) is 0 Å². The molecule has 0 aromatic carbocycles. The maximum atomic E-state index is 11.1. The van der Waals surface area contributed by atoms with Crippen LogP contribution >= 0.6 is 0 Å². The number of amides is 1. The van der Waals surface area contributed by atoms with Gasteiger partial charge in [0.25, 0.3) is 0 Å². The molecule has 1 atom stereocenters. The highest BCUT2D eigenvalue weighted by atomic mass is 16.2. The van der Waals surface area contributed by atoms with Gasteiger partial charge in [-0.1, -0.05) is 0 Å². The number of carbonyl (C=O) groups is 1. The number of aliphatic imine (C=N–C) groups is 1. The van der Waals surface area contributed by atoms with Crippen LogP contribution in [-0.2, 0) is 11.8 Å². The Balaban J connectivity index is 2.35. The molecule has 0 fully saturated rings. The highest BCUT2D eigenvalue weighted by Crippen LogP contribution is 2.05. The van der Waals surface area contributed by atoms with Crippen LogP contribution in [0.5, 0.6) is 0 Å². The third-order valence-corrected chi connectivity index (χ3v) is 2.00. The van der Waals surface area contributed by atoms with E-state index in [0.717, 1.165) is 5.69 Å². The molecular formula is C8H10N4O. The number of hydrogen-bond donors (Lipinski definition) is 1. The van der Waals surface area contributed by atoms with Crippen LogP contribution in [-0.4, -0.2) is 27.3 Å². The van der Waals surface area contributed by atoms with Crippen LogP contribution in [0.2, 0.25) is 0 Å². The van der Waals surface area contributed by atoms with Crippen molar-refractivity contribution >= 4 is 11.7 Å². The Kier molecular flexibility index (Phi) is 1.65. The quantitative estimate of drug-likeness (QED) is 0.641. The van der Waals surface area contributed by atoms with Crippen molar-refractivity contribution in [2.45, 2.75) is 13.0 Å². The van der Waals surface area contributed by atoms with Crippen LogP contribution in [0.4, 0.5) is 0 Å². The van der Waals surface area contributed by atoms with Gasteiger partial charge < -0.3 is 9.88 Å². The Hall–Kier alpha value is -1.65. The molecule has 68 valence electrons. The van der Waals surface area contributed by atoms with Crippen molar-refractivity contribution in [2.24, 2.45) is 12.0 Å². The number of nitrogens with one attached hydrogen (secondary N) is 1. The van der Waals surface area contributed by atoms with Crippen LogP contribution in [0.3, 0.4) is 0 Å². The maximum Gasteiger partial charge on any atom is 0.250 e. The van der Waals surface area contributed by atoms with Crippen LogP contribution in [0.15, 0.2) is 17.5 Å². The second-order valence-electron chi connectivity index (χ2n) is 3.03. The van der Waals surface area contributed by atoms with Gasteiger partial charge in [0.15, 0.2) is 5.84 Å². The molecule has 1 aliphatic heterocycles. The largest absolute Gasteiger partial charge is 0.331 e. The first-order valence-electron chi connectivity index (χ1n) is 4.04. The van der Waals surface area contributed by atoms with E-state index in [1.165, 1.54) is 0 Å². The summed E-state index contributed by atoms with van der Waals surface area (Å²) < 4.78 is 1.82. The van der Waals surface area contributed by atoms with E-state index in [4.69, 9.17) is 0 Å². The van der Waals surface area contributed by atoms with E-state index in [9.17, 15) is 4.79 Å². The maximum absolute atomic E-state index is 11.1. The molecule has 5 heteroatoms. The molecule has 1 aliphatic rings. The topological polar surface area (TPSA) is 59.3 Å². The van der Waals surface area contributed by atoms with Crippen molar-refractivity contribution in [3.8, 4) is 0 Å². The van der Waals surface area contributed by atoms with Gasteiger partial charge in [0, 0.05) is 7.05 Å². The lowest BCUT2D eigenvalue weighted by atomic mass is 10.4. The zero-order valence-corrected chi connectivity index (χ0v) is 7.48. The summed E-state index contributed by atoms with van der Waals surface area (Å²) in [6.45, 7) is 1.76. The number of aryl methyl sites for hydroxylation is 1. The highest BCUT2D eigenvalue weighted by Gasteiger charge is 2.23. The molecule has 1 aromatic rings. The molecule has 2 rings (SSSR count). The van der Waals surface area contributed by atoms with Crippen LogP contribution in [0.1, 0.15) is 12.6 Å². The van der Waals surface area contributed by atoms with Gasteiger partial charge in [0.05, 0.1) is 12.5 Å². The normalized spacial score (nSPS) is 21.5. The molecule has 0 spiro atoms. The lowest BCUT2D eigenvalue weighted by Gasteiger charge is -2.00. The molecular weight excluding hydrogens is 168 g/mol. The summed E-state index contributed by atoms with van der Waals surface area (Å²) >= 11 is 0. The molecule has 1 amide bonds. The average Bonchev–Trinajstić information content (AvgIpc) is 2.60. The molecule has 0 saturated carbocycles. The van der Waals surface area contributed by atoms with Crippen molar-refractivity contribution < 1.29 is 4.79 Å². The minimum Gasteiger partial charge on any atom is -0.331 e. The van der Waals surface area contributed by atoms with Crippen molar-refractivity contribution in [2.75, 3.05) is 0 Å². The van der Waals surface area contributed by atoms with Gasteiger partial charge >= 0.3 is 0 Å². The van der Waals surface area contributed by atoms with E-state index in [2.05, 4.69) is 15.3 Å². The van der Waals surface area contributed by atoms with Crippen molar-refractivity contribution in [3.63, 3.8) is 0 Å². The molecule has 2 heterocycles. The summed E-state index contributed by atoms with van der Waals surface area (Å²) in [5.74, 6) is 0.550. The summed E-state index contributed by atoms with van der Waals surface area (Å²) in [5, 5.41) is 2.70. The molecule has 1 unspecified atom stereocenters. The number of carbonyl (C=O) groups excluding carboxylic acids is 1. The zero-order valence-electron chi connectivity index (χ0n) is 7.48.